The van der Waals surface area contributed by atoms with Gasteiger partial charge in [0.25, 0.3) is 5.69 Å². The summed E-state index contributed by atoms with van der Waals surface area (Å²) in [5.74, 6) is -0.144. The topological polar surface area (TPSA) is 83.7 Å². The van der Waals surface area contributed by atoms with Gasteiger partial charge in [0.05, 0.1) is 17.4 Å². The van der Waals surface area contributed by atoms with Crippen molar-refractivity contribution in [2.45, 2.75) is 46.3 Å². The molecule has 1 aromatic carbocycles. The summed E-state index contributed by atoms with van der Waals surface area (Å²) in [5.41, 5.74) is 1.17. The fourth-order valence-electron chi connectivity index (χ4n) is 2.21. The van der Waals surface area contributed by atoms with Gasteiger partial charge in [-0.05, 0) is 33.3 Å². The molecule has 0 fully saturated rings. The summed E-state index contributed by atoms with van der Waals surface area (Å²) in [4.78, 5) is 24.4. The molecular formula is C15H22N2O4. The number of aliphatic hydroxyl groups is 1. The Morgan fingerprint density at radius 2 is 2.00 bits per heavy atom. The van der Waals surface area contributed by atoms with Crippen molar-refractivity contribution < 1.29 is 14.8 Å². The Balaban J connectivity index is 2.96. The van der Waals surface area contributed by atoms with Crippen molar-refractivity contribution in [2.24, 2.45) is 0 Å². The van der Waals surface area contributed by atoms with Gasteiger partial charge in [-0.25, -0.2) is 0 Å². The third-order valence-electron chi connectivity index (χ3n) is 3.36. The van der Waals surface area contributed by atoms with E-state index in [9.17, 15) is 20.0 Å². The minimum atomic E-state index is -0.609. The van der Waals surface area contributed by atoms with E-state index in [0.29, 0.717) is 11.1 Å². The summed E-state index contributed by atoms with van der Waals surface area (Å²) in [6.45, 7) is 7.28. The molecule has 0 aliphatic heterocycles. The first kappa shape index (κ1) is 17.1. The van der Waals surface area contributed by atoms with Crippen LogP contribution < -0.4 is 0 Å². The standard InChI is InChI=1S/C15H22N2O4/c1-10(2)16(9-11(3)18)15(19)8-13-6-5-7-14(12(13)4)17(20)21/h5-7,10-11,18H,8-9H2,1-4H3. The fourth-order valence-corrected chi connectivity index (χ4v) is 2.21. The lowest BCUT2D eigenvalue weighted by Crippen LogP contribution is -2.42. The van der Waals surface area contributed by atoms with Crippen LogP contribution in [0.2, 0.25) is 0 Å². The van der Waals surface area contributed by atoms with Gasteiger partial charge in [-0.3, -0.25) is 14.9 Å². The predicted molar refractivity (Wildman–Crippen MR) is 80.1 cm³/mol. The van der Waals surface area contributed by atoms with Crippen LogP contribution in [0.15, 0.2) is 18.2 Å². The monoisotopic (exact) mass is 294 g/mol. The molecule has 0 bridgehead atoms. The molecular weight excluding hydrogens is 272 g/mol. The largest absolute Gasteiger partial charge is 0.392 e. The van der Waals surface area contributed by atoms with Gasteiger partial charge in [-0.1, -0.05) is 12.1 Å². The number of carbonyl (C=O) groups excluding carboxylic acids is 1. The van der Waals surface area contributed by atoms with Gasteiger partial charge in [0.1, 0.15) is 0 Å². The summed E-state index contributed by atoms with van der Waals surface area (Å²) in [7, 11) is 0. The van der Waals surface area contributed by atoms with Gasteiger partial charge in [-0.15, -0.1) is 0 Å². The van der Waals surface area contributed by atoms with Gasteiger partial charge in [0.15, 0.2) is 0 Å². The fraction of sp³-hybridized carbons (Fsp3) is 0.533. The zero-order valence-corrected chi connectivity index (χ0v) is 12.9. The molecule has 6 nitrogen and oxygen atoms in total. The molecule has 0 saturated heterocycles. The molecule has 0 aliphatic carbocycles. The minimum absolute atomic E-state index is 0.0203. The Morgan fingerprint density at radius 1 is 1.38 bits per heavy atom. The second kappa shape index (κ2) is 7.17. The number of nitrogens with zero attached hydrogens (tertiary/aromatic N) is 2. The lowest BCUT2D eigenvalue weighted by Gasteiger charge is -2.28. The first-order valence-electron chi connectivity index (χ1n) is 6.94. The third-order valence-corrected chi connectivity index (χ3v) is 3.36. The van der Waals surface area contributed by atoms with E-state index in [1.807, 2.05) is 13.8 Å². The number of carbonyl (C=O) groups is 1. The average Bonchev–Trinajstić information content (AvgIpc) is 2.37. The second-order valence-electron chi connectivity index (χ2n) is 5.48. The zero-order chi connectivity index (χ0) is 16.2. The maximum absolute atomic E-state index is 12.4. The first-order chi connectivity index (χ1) is 9.73. The summed E-state index contributed by atoms with van der Waals surface area (Å²) in [6, 6.07) is 4.70. The molecule has 6 heteroatoms. The van der Waals surface area contributed by atoms with E-state index in [0.717, 1.165) is 0 Å². The smallest absolute Gasteiger partial charge is 0.272 e. The molecule has 0 aromatic heterocycles. The van der Waals surface area contributed by atoms with Crippen LogP contribution in [0, 0.1) is 17.0 Å². The molecule has 0 spiro atoms. The highest BCUT2D eigenvalue weighted by atomic mass is 16.6. The quantitative estimate of drug-likeness (QED) is 0.643. The maximum atomic E-state index is 12.4. The lowest BCUT2D eigenvalue weighted by molar-refractivity contribution is -0.385. The number of rotatable bonds is 6. The highest BCUT2D eigenvalue weighted by Gasteiger charge is 2.21. The first-order valence-corrected chi connectivity index (χ1v) is 6.94. The van der Waals surface area contributed by atoms with E-state index in [1.54, 1.807) is 30.9 Å². The Bertz CT molecular complexity index is 526. The molecule has 21 heavy (non-hydrogen) atoms. The van der Waals surface area contributed by atoms with E-state index in [-0.39, 0.29) is 30.6 Å². The minimum Gasteiger partial charge on any atom is -0.392 e. The van der Waals surface area contributed by atoms with Crippen molar-refractivity contribution >= 4 is 11.6 Å². The maximum Gasteiger partial charge on any atom is 0.272 e. The molecule has 1 rings (SSSR count). The van der Waals surface area contributed by atoms with E-state index < -0.39 is 11.0 Å². The lowest BCUT2D eigenvalue weighted by atomic mass is 10.0. The number of hydrogen-bond donors (Lipinski definition) is 1. The van der Waals surface area contributed by atoms with Gasteiger partial charge in [0.2, 0.25) is 5.91 Å². The number of amides is 1. The van der Waals surface area contributed by atoms with Gasteiger partial charge in [-0.2, -0.15) is 0 Å². The van der Waals surface area contributed by atoms with Crippen LogP contribution in [0.3, 0.4) is 0 Å². The van der Waals surface area contributed by atoms with Crippen molar-refractivity contribution in [2.75, 3.05) is 6.54 Å². The Kier molecular flexibility index (Phi) is 5.84. The molecule has 1 aromatic rings. The van der Waals surface area contributed by atoms with E-state index in [1.165, 1.54) is 6.07 Å². The normalized spacial score (nSPS) is 12.3. The summed E-state index contributed by atoms with van der Waals surface area (Å²) in [6.07, 6.45) is -0.513. The van der Waals surface area contributed by atoms with Crippen molar-refractivity contribution in [3.05, 3.63) is 39.4 Å². The van der Waals surface area contributed by atoms with Crippen LogP contribution in [0.4, 0.5) is 5.69 Å². The van der Waals surface area contributed by atoms with Crippen molar-refractivity contribution in [3.8, 4) is 0 Å². The Labute approximate surface area is 124 Å². The van der Waals surface area contributed by atoms with Crippen molar-refractivity contribution in [3.63, 3.8) is 0 Å². The number of nitro benzene ring substituents is 1. The highest BCUT2D eigenvalue weighted by Crippen LogP contribution is 2.22. The van der Waals surface area contributed by atoms with E-state index in [2.05, 4.69) is 0 Å². The van der Waals surface area contributed by atoms with Crippen LogP contribution in [0.5, 0.6) is 0 Å². The third kappa shape index (κ3) is 4.53. The molecule has 1 atom stereocenters. The van der Waals surface area contributed by atoms with Gasteiger partial charge in [0, 0.05) is 24.2 Å². The molecule has 1 N–H and O–H groups in total. The van der Waals surface area contributed by atoms with Crippen molar-refractivity contribution in [1.82, 2.24) is 4.90 Å². The molecule has 0 heterocycles. The predicted octanol–water partition coefficient (Wildman–Crippen LogP) is 2.06. The molecule has 1 unspecified atom stereocenters. The highest BCUT2D eigenvalue weighted by molar-refractivity contribution is 5.79. The van der Waals surface area contributed by atoms with E-state index >= 15 is 0 Å². The number of hydrogen-bond acceptors (Lipinski definition) is 4. The second-order valence-corrected chi connectivity index (χ2v) is 5.48. The van der Waals surface area contributed by atoms with Gasteiger partial charge >= 0.3 is 0 Å². The van der Waals surface area contributed by atoms with Crippen molar-refractivity contribution in [1.29, 1.82) is 0 Å². The summed E-state index contributed by atoms with van der Waals surface area (Å²) in [5, 5.41) is 20.4. The zero-order valence-electron chi connectivity index (χ0n) is 12.9. The molecule has 116 valence electrons. The SMILES string of the molecule is Cc1c(CC(=O)N(CC(C)O)C(C)C)cccc1[N+](=O)[O-]. The average molecular weight is 294 g/mol. The summed E-state index contributed by atoms with van der Waals surface area (Å²) < 4.78 is 0. The van der Waals surface area contributed by atoms with Crippen LogP contribution in [0.25, 0.3) is 0 Å². The van der Waals surface area contributed by atoms with Crippen LogP contribution >= 0.6 is 0 Å². The number of aliphatic hydroxyl groups excluding tert-OH is 1. The number of benzene rings is 1. The molecule has 0 radical (unpaired) electrons. The van der Waals surface area contributed by atoms with E-state index in [4.69, 9.17) is 0 Å². The van der Waals surface area contributed by atoms with Crippen LogP contribution in [0.1, 0.15) is 31.9 Å². The van der Waals surface area contributed by atoms with Crippen LogP contribution in [-0.2, 0) is 11.2 Å². The summed E-state index contributed by atoms with van der Waals surface area (Å²) >= 11 is 0. The Hall–Kier alpha value is -1.95. The Morgan fingerprint density at radius 3 is 2.48 bits per heavy atom. The molecule has 1 amide bonds. The molecule has 0 aliphatic rings. The molecule has 0 saturated carbocycles. The van der Waals surface area contributed by atoms with Gasteiger partial charge < -0.3 is 10.0 Å². The number of nitro groups is 1. The van der Waals surface area contributed by atoms with Crippen LogP contribution in [-0.4, -0.2) is 39.5 Å².